The summed E-state index contributed by atoms with van der Waals surface area (Å²) in [5.41, 5.74) is 3.06. The van der Waals surface area contributed by atoms with E-state index in [1.54, 1.807) is 0 Å². The molecule has 2 aromatic rings. The van der Waals surface area contributed by atoms with Crippen LogP contribution in [0.3, 0.4) is 0 Å². The molecule has 1 N–H and O–H groups in total. The summed E-state index contributed by atoms with van der Waals surface area (Å²) in [7, 11) is 0. The highest BCUT2D eigenvalue weighted by atomic mass is 79.9. The van der Waals surface area contributed by atoms with Crippen molar-refractivity contribution >= 4 is 21.8 Å². The lowest BCUT2D eigenvalue weighted by Gasteiger charge is -2.18. The van der Waals surface area contributed by atoms with Crippen LogP contribution in [0, 0.1) is 0 Å². The molecule has 23 heavy (non-hydrogen) atoms. The van der Waals surface area contributed by atoms with Crippen LogP contribution >= 0.6 is 15.9 Å². The van der Waals surface area contributed by atoms with Gasteiger partial charge in [-0.1, -0.05) is 50.2 Å². The molecule has 0 atom stereocenters. The Hall–Kier alpha value is -1.65. The number of halogens is 1. The Bertz CT molecular complexity index is 636. The van der Waals surface area contributed by atoms with Crippen LogP contribution in [0.4, 0.5) is 0 Å². The van der Waals surface area contributed by atoms with E-state index in [4.69, 9.17) is 0 Å². The van der Waals surface area contributed by atoms with Crippen molar-refractivity contribution in [2.75, 3.05) is 13.1 Å². The molecular weight excluding hydrogens is 352 g/mol. The molecule has 0 unspecified atom stereocenters. The molecule has 2 aromatic carbocycles. The van der Waals surface area contributed by atoms with Gasteiger partial charge in [-0.2, -0.15) is 0 Å². The molecule has 0 bridgehead atoms. The molecule has 0 spiro atoms. The molecule has 122 valence electrons. The molecule has 1 amide bonds. The molecule has 0 radical (unpaired) electrons. The molecule has 0 aliphatic carbocycles. The van der Waals surface area contributed by atoms with Crippen molar-refractivity contribution in [1.29, 1.82) is 0 Å². The number of carbonyl (C=O) groups excluding carboxylic acids is 1. The van der Waals surface area contributed by atoms with E-state index in [1.807, 2.05) is 24.3 Å². The summed E-state index contributed by atoms with van der Waals surface area (Å²) < 4.78 is 0.812. The van der Waals surface area contributed by atoms with E-state index in [0.717, 1.165) is 29.7 Å². The van der Waals surface area contributed by atoms with Crippen molar-refractivity contribution in [2.24, 2.45) is 0 Å². The number of carbonyl (C=O) groups is 1. The van der Waals surface area contributed by atoms with Crippen LogP contribution in [-0.4, -0.2) is 23.9 Å². The summed E-state index contributed by atoms with van der Waals surface area (Å²) in [6.07, 6.45) is 0. The number of amides is 1. The Morgan fingerprint density at radius 1 is 1.00 bits per heavy atom. The summed E-state index contributed by atoms with van der Waals surface area (Å²) in [5.74, 6) is -0.0651. The molecule has 0 fully saturated rings. The zero-order valence-electron chi connectivity index (χ0n) is 13.7. The van der Waals surface area contributed by atoms with Gasteiger partial charge in [-0.25, -0.2) is 0 Å². The second-order valence-corrected chi connectivity index (χ2v) is 6.29. The van der Waals surface area contributed by atoms with Crippen LogP contribution in [0.2, 0.25) is 0 Å². The average Bonchev–Trinajstić information content (AvgIpc) is 2.59. The van der Waals surface area contributed by atoms with E-state index in [2.05, 4.69) is 64.3 Å². The highest BCUT2D eigenvalue weighted by molar-refractivity contribution is 9.10. The third-order valence-corrected chi connectivity index (χ3v) is 4.59. The van der Waals surface area contributed by atoms with Crippen molar-refractivity contribution in [1.82, 2.24) is 10.2 Å². The van der Waals surface area contributed by atoms with E-state index in [-0.39, 0.29) is 5.91 Å². The van der Waals surface area contributed by atoms with Crippen molar-refractivity contribution < 1.29 is 4.79 Å². The second-order valence-electron chi connectivity index (χ2n) is 5.44. The van der Waals surface area contributed by atoms with Gasteiger partial charge in [-0.05, 0) is 52.3 Å². The molecule has 4 heteroatoms. The largest absolute Gasteiger partial charge is 0.348 e. The third kappa shape index (κ3) is 5.19. The zero-order chi connectivity index (χ0) is 16.7. The van der Waals surface area contributed by atoms with E-state index in [9.17, 15) is 4.79 Å². The fraction of sp³-hybridized carbons (Fsp3) is 0.316. The minimum atomic E-state index is -0.0651. The Morgan fingerprint density at radius 3 is 2.22 bits per heavy atom. The quantitative estimate of drug-likeness (QED) is 0.786. The number of hydrogen-bond donors (Lipinski definition) is 1. The maximum absolute atomic E-state index is 12.2. The predicted molar refractivity (Wildman–Crippen MR) is 98.4 cm³/mol. The Balaban J connectivity index is 1.91. The lowest BCUT2D eigenvalue weighted by atomic mass is 10.1. The first-order valence-corrected chi connectivity index (χ1v) is 8.76. The van der Waals surface area contributed by atoms with Gasteiger partial charge in [0.15, 0.2) is 0 Å². The Morgan fingerprint density at radius 2 is 1.61 bits per heavy atom. The first-order chi connectivity index (χ1) is 11.1. The van der Waals surface area contributed by atoms with Crippen molar-refractivity contribution in [3.63, 3.8) is 0 Å². The summed E-state index contributed by atoms with van der Waals surface area (Å²) in [5, 5.41) is 2.96. The first kappa shape index (κ1) is 17.7. The van der Waals surface area contributed by atoms with Crippen LogP contribution < -0.4 is 5.32 Å². The topological polar surface area (TPSA) is 32.3 Å². The number of hydrogen-bond acceptors (Lipinski definition) is 2. The predicted octanol–water partition coefficient (Wildman–Crippen LogP) is 4.22. The Labute approximate surface area is 146 Å². The van der Waals surface area contributed by atoms with E-state index >= 15 is 0 Å². The summed E-state index contributed by atoms with van der Waals surface area (Å²) >= 11 is 3.40. The minimum absolute atomic E-state index is 0.0651. The van der Waals surface area contributed by atoms with Gasteiger partial charge in [0, 0.05) is 17.6 Å². The molecule has 3 nitrogen and oxygen atoms in total. The van der Waals surface area contributed by atoms with Gasteiger partial charge >= 0.3 is 0 Å². The SMILES string of the molecule is CCN(CC)Cc1ccc(CNC(=O)c2ccccc2Br)cc1. The van der Waals surface area contributed by atoms with Crippen LogP contribution in [0.5, 0.6) is 0 Å². The normalized spacial score (nSPS) is 10.8. The highest BCUT2D eigenvalue weighted by Crippen LogP contribution is 2.15. The van der Waals surface area contributed by atoms with Gasteiger partial charge in [0.2, 0.25) is 0 Å². The second kappa shape index (κ2) is 8.85. The van der Waals surface area contributed by atoms with Crippen molar-refractivity contribution in [3.05, 3.63) is 69.7 Å². The lowest BCUT2D eigenvalue weighted by Crippen LogP contribution is -2.23. The molecule has 0 saturated carbocycles. The number of nitrogens with zero attached hydrogens (tertiary/aromatic N) is 1. The molecule has 0 aliphatic heterocycles. The molecule has 2 rings (SSSR count). The summed E-state index contributed by atoms with van der Waals surface area (Å²) in [4.78, 5) is 14.6. The van der Waals surface area contributed by atoms with E-state index in [0.29, 0.717) is 12.1 Å². The van der Waals surface area contributed by atoms with Crippen LogP contribution in [0.25, 0.3) is 0 Å². The van der Waals surface area contributed by atoms with E-state index in [1.165, 1.54) is 5.56 Å². The lowest BCUT2D eigenvalue weighted by molar-refractivity contribution is 0.0950. The molecular formula is C19H23BrN2O. The van der Waals surface area contributed by atoms with Gasteiger partial charge in [-0.15, -0.1) is 0 Å². The van der Waals surface area contributed by atoms with Crippen LogP contribution in [0.15, 0.2) is 53.0 Å². The number of nitrogens with one attached hydrogen (secondary N) is 1. The third-order valence-electron chi connectivity index (χ3n) is 3.90. The fourth-order valence-electron chi connectivity index (χ4n) is 2.39. The minimum Gasteiger partial charge on any atom is -0.348 e. The van der Waals surface area contributed by atoms with Gasteiger partial charge in [0.25, 0.3) is 5.91 Å². The number of benzene rings is 2. The van der Waals surface area contributed by atoms with Gasteiger partial charge in [0.05, 0.1) is 5.56 Å². The molecule has 0 heterocycles. The summed E-state index contributed by atoms with van der Waals surface area (Å²) in [6.45, 7) is 7.97. The summed E-state index contributed by atoms with van der Waals surface area (Å²) in [6, 6.07) is 15.9. The number of rotatable bonds is 7. The average molecular weight is 375 g/mol. The van der Waals surface area contributed by atoms with Crippen LogP contribution in [-0.2, 0) is 13.1 Å². The molecule has 0 saturated heterocycles. The van der Waals surface area contributed by atoms with Gasteiger partial charge in [-0.3, -0.25) is 9.69 Å². The maximum atomic E-state index is 12.2. The van der Waals surface area contributed by atoms with E-state index < -0.39 is 0 Å². The first-order valence-electron chi connectivity index (χ1n) is 7.97. The van der Waals surface area contributed by atoms with Crippen molar-refractivity contribution in [3.8, 4) is 0 Å². The van der Waals surface area contributed by atoms with Crippen LogP contribution in [0.1, 0.15) is 35.3 Å². The maximum Gasteiger partial charge on any atom is 0.252 e. The van der Waals surface area contributed by atoms with Gasteiger partial charge in [0.1, 0.15) is 0 Å². The van der Waals surface area contributed by atoms with Crippen molar-refractivity contribution in [2.45, 2.75) is 26.9 Å². The highest BCUT2D eigenvalue weighted by Gasteiger charge is 2.08. The fourth-order valence-corrected chi connectivity index (χ4v) is 2.86. The Kier molecular flexibility index (Phi) is 6.81. The standard InChI is InChI=1S/C19H23BrN2O/c1-3-22(4-2)14-16-11-9-15(10-12-16)13-21-19(23)17-7-5-6-8-18(17)20/h5-12H,3-4,13-14H2,1-2H3,(H,21,23). The molecule has 0 aromatic heterocycles. The molecule has 0 aliphatic rings. The zero-order valence-corrected chi connectivity index (χ0v) is 15.3. The monoisotopic (exact) mass is 374 g/mol. The smallest absolute Gasteiger partial charge is 0.252 e. The van der Waals surface area contributed by atoms with Gasteiger partial charge < -0.3 is 5.32 Å².